The van der Waals surface area contributed by atoms with Gasteiger partial charge >= 0.3 is 5.97 Å². The van der Waals surface area contributed by atoms with Crippen LogP contribution in [0.15, 0.2) is 0 Å². The first kappa shape index (κ1) is 18.0. The average Bonchev–Trinajstić information content (AvgIpc) is 2.34. The van der Waals surface area contributed by atoms with Crippen molar-refractivity contribution in [3.05, 3.63) is 0 Å². The van der Waals surface area contributed by atoms with Crippen LogP contribution in [0, 0.1) is 17.8 Å². The van der Waals surface area contributed by atoms with Crippen LogP contribution < -0.4 is 5.32 Å². The molecule has 0 saturated heterocycles. The van der Waals surface area contributed by atoms with E-state index in [2.05, 4.69) is 26.1 Å². The average molecular weight is 299 g/mol. The molecule has 5 heteroatoms. The number of hydrogen-bond donors (Lipinski definition) is 2. The lowest BCUT2D eigenvalue weighted by molar-refractivity contribution is -0.138. The molecule has 2 N–H and O–H groups in total. The van der Waals surface area contributed by atoms with Gasteiger partial charge in [-0.1, -0.05) is 27.2 Å². The fourth-order valence-electron chi connectivity index (χ4n) is 3.12. The van der Waals surface area contributed by atoms with Gasteiger partial charge in [-0.2, -0.15) is 0 Å². The Kier molecular flexibility index (Phi) is 7.15. The Balaban J connectivity index is 2.40. The SMILES string of the molecule is CC1CCC(C(C)C)C(OCC(=O)NC(C)CC(=O)O)C1. The summed E-state index contributed by atoms with van der Waals surface area (Å²) in [4.78, 5) is 22.4. The second-order valence-electron chi connectivity index (χ2n) is 6.74. The van der Waals surface area contributed by atoms with Gasteiger partial charge in [0.25, 0.3) is 0 Å². The monoisotopic (exact) mass is 299 g/mol. The second-order valence-corrected chi connectivity index (χ2v) is 6.74. The van der Waals surface area contributed by atoms with Crippen molar-refractivity contribution in [3.63, 3.8) is 0 Å². The third-order valence-electron chi connectivity index (χ3n) is 4.28. The lowest BCUT2D eigenvalue weighted by atomic mass is 9.75. The van der Waals surface area contributed by atoms with Crippen molar-refractivity contribution in [1.82, 2.24) is 5.32 Å². The number of hydrogen-bond acceptors (Lipinski definition) is 3. The molecule has 1 saturated carbocycles. The number of ether oxygens (including phenoxy) is 1. The molecule has 1 aliphatic carbocycles. The minimum Gasteiger partial charge on any atom is -0.481 e. The molecule has 0 radical (unpaired) electrons. The molecule has 4 atom stereocenters. The van der Waals surface area contributed by atoms with Crippen LogP contribution in [0.4, 0.5) is 0 Å². The Morgan fingerprint density at radius 2 is 1.95 bits per heavy atom. The van der Waals surface area contributed by atoms with E-state index in [1.165, 1.54) is 6.42 Å². The number of carbonyl (C=O) groups excluding carboxylic acids is 1. The molecule has 0 heterocycles. The van der Waals surface area contributed by atoms with E-state index < -0.39 is 5.97 Å². The lowest BCUT2D eigenvalue weighted by Gasteiger charge is -2.37. The topological polar surface area (TPSA) is 75.6 Å². The van der Waals surface area contributed by atoms with E-state index in [0.29, 0.717) is 17.8 Å². The van der Waals surface area contributed by atoms with Gasteiger partial charge in [0.05, 0.1) is 12.5 Å². The molecule has 0 bridgehead atoms. The summed E-state index contributed by atoms with van der Waals surface area (Å²) in [6.45, 7) is 8.33. The molecule has 1 aliphatic rings. The van der Waals surface area contributed by atoms with E-state index >= 15 is 0 Å². The summed E-state index contributed by atoms with van der Waals surface area (Å²) in [6, 6.07) is -0.371. The predicted molar refractivity (Wildman–Crippen MR) is 80.9 cm³/mol. The summed E-state index contributed by atoms with van der Waals surface area (Å²) in [7, 11) is 0. The molecule has 21 heavy (non-hydrogen) atoms. The maximum atomic E-state index is 11.8. The van der Waals surface area contributed by atoms with Crippen LogP contribution in [-0.4, -0.2) is 35.7 Å². The molecule has 1 amide bonds. The number of rotatable bonds is 7. The van der Waals surface area contributed by atoms with Crippen LogP contribution in [0.2, 0.25) is 0 Å². The molecule has 0 aliphatic heterocycles. The highest BCUT2D eigenvalue weighted by atomic mass is 16.5. The van der Waals surface area contributed by atoms with E-state index in [4.69, 9.17) is 9.84 Å². The number of nitrogens with one attached hydrogen (secondary N) is 1. The molecule has 1 rings (SSSR count). The molecule has 0 spiro atoms. The largest absolute Gasteiger partial charge is 0.481 e. The molecule has 122 valence electrons. The van der Waals surface area contributed by atoms with Crippen molar-refractivity contribution in [2.45, 2.75) is 65.5 Å². The third kappa shape index (κ3) is 6.46. The Labute approximate surface area is 127 Å². The van der Waals surface area contributed by atoms with Crippen molar-refractivity contribution in [2.75, 3.05) is 6.61 Å². The van der Waals surface area contributed by atoms with Crippen LogP contribution in [0.1, 0.15) is 53.4 Å². The summed E-state index contributed by atoms with van der Waals surface area (Å²) < 4.78 is 5.84. The van der Waals surface area contributed by atoms with Crippen molar-refractivity contribution in [2.24, 2.45) is 17.8 Å². The molecule has 5 nitrogen and oxygen atoms in total. The number of carboxylic acids is 1. The van der Waals surface area contributed by atoms with Gasteiger partial charge in [0.2, 0.25) is 5.91 Å². The van der Waals surface area contributed by atoms with Gasteiger partial charge in [-0.25, -0.2) is 0 Å². The first-order valence-electron chi connectivity index (χ1n) is 7.92. The fourth-order valence-corrected chi connectivity index (χ4v) is 3.12. The number of carbonyl (C=O) groups is 2. The Bertz CT molecular complexity index is 356. The molecule has 0 aromatic carbocycles. The smallest absolute Gasteiger partial charge is 0.305 e. The molecular formula is C16H29NO4. The first-order chi connectivity index (χ1) is 9.79. The normalized spacial score (nSPS) is 27.4. The minimum atomic E-state index is -0.912. The molecule has 0 aromatic rings. The van der Waals surface area contributed by atoms with Crippen molar-refractivity contribution in [1.29, 1.82) is 0 Å². The van der Waals surface area contributed by atoms with Gasteiger partial charge in [0, 0.05) is 6.04 Å². The van der Waals surface area contributed by atoms with Gasteiger partial charge in [0.15, 0.2) is 0 Å². The van der Waals surface area contributed by atoms with Gasteiger partial charge in [-0.3, -0.25) is 9.59 Å². The van der Waals surface area contributed by atoms with Gasteiger partial charge in [0.1, 0.15) is 6.61 Å². The maximum Gasteiger partial charge on any atom is 0.305 e. The van der Waals surface area contributed by atoms with Crippen LogP contribution in [0.25, 0.3) is 0 Å². The van der Waals surface area contributed by atoms with Crippen LogP contribution >= 0.6 is 0 Å². The summed E-state index contributed by atoms with van der Waals surface area (Å²) in [5.74, 6) is 0.551. The Hall–Kier alpha value is -1.10. The standard InChI is InChI=1S/C16H29NO4/c1-10(2)13-6-5-11(3)7-14(13)21-9-15(18)17-12(4)8-16(19)20/h10-14H,5-9H2,1-4H3,(H,17,18)(H,19,20). The van der Waals surface area contributed by atoms with E-state index in [1.54, 1.807) is 6.92 Å². The minimum absolute atomic E-state index is 0.0184. The number of carboxylic acid groups (broad SMARTS) is 1. The van der Waals surface area contributed by atoms with Gasteiger partial charge in [-0.15, -0.1) is 0 Å². The highest BCUT2D eigenvalue weighted by Gasteiger charge is 2.31. The highest BCUT2D eigenvalue weighted by Crippen LogP contribution is 2.35. The second kappa shape index (κ2) is 8.37. The number of amides is 1. The van der Waals surface area contributed by atoms with Crippen molar-refractivity contribution < 1.29 is 19.4 Å². The van der Waals surface area contributed by atoms with Crippen LogP contribution in [0.5, 0.6) is 0 Å². The summed E-state index contributed by atoms with van der Waals surface area (Å²) in [5, 5.41) is 11.3. The third-order valence-corrected chi connectivity index (χ3v) is 4.28. The molecule has 4 unspecified atom stereocenters. The maximum absolute atomic E-state index is 11.8. The zero-order chi connectivity index (χ0) is 16.0. The zero-order valence-electron chi connectivity index (χ0n) is 13.6. The van der Waals surface area contributed by atoms with E-state index in [0.717, 1.165) is 12.8 Å². The zero-order valence-corrected chi connectivity index (χ0v) is 13.6. The van der Waals surface area contributed by atoms with Crippen molar-refractivity contribution in [3.8, 4) is 0 Å². The quantitative estimate of drug-likeness (QED) is 0.757. The molecule has 1 fully saturated rings. The number of aliphatic carboxylic acids is 1. The van der Waals surface area contributed by atoms with E-state index in [1.807, 2.05) is 0 Å². The lowest BCUT2D eigenvalue weighted by Crippen LogP contribution is -2.40. The van der Waals surface area contributed by atoms with Gasteiger partial charge < -0.3 is 15.2 Å². The van der Waals surface area contributed by atoms with Crippen LogP contribution in [0.3, 0.4) is 0 Å². The molecule has 0 aromatic heterocycles. The van der Waals surface area contributed by atoms with E-state index in [9.17, 15) is 9.59 Å². The summed E-state index contributed by atoms with van der Waals surface area (Å²) in [5.41, 5.74) is 0. The highest BCUT2D eigenvalue weighted by molar-refractivity contribution is 5.78. The summed E-state index contributed by atoms with van der Waals surface area (Å²) in [6.07, 6.45) is 3.45. The summed E-state index contributed by atoms with van der Waals surface area (Å²) >= 11 is 0. The van der Waals surface area contributed by atoms with E-state index in [-0.39, 0.29) is 31.1 Å². The van der Waals surface area contributed by atoms with Crippen molar-refractivity contribution >= 4 is 11.9 Å². The fraction of sp³-hybridized carbons (Fsp3) is 0.875. The van der Waals surface area contributed by atoms with Gasteiger partial charge in [-0.05, 0) is 37.5 Å². The Morgan fingerprint density at radius 3 is 2.52 bits per heavy atom. The van der Waals surface area contributed by atoms with Crippen LogP contribution in [-0.2, 0) is 14.3 Å². The first-order valence-corrected chi connectivity index (χ1v) is 7.92. The Morgan fingerprint density at radius 1 is 1.29 bits per heavy atom. The predicted octanol–water partition coefficient (Wildman–Crippen LogP) is 2.44. The molecular weight excluding hydrogens is 270 g/mol.